The number of carbonyl (C=O) groups excluding carboxylic acids is 1. The Labute approximate surface area is 128 Å². The average molecular weight is 305 g/mol. The van der Waals surface area contributed by atoms with Crippen molar-refractivity contribution >= 4 is 17.5 Å². The molecular weight excluding hydrogens is 288 g/mol. The first kappa shape index (κ1) is 14.2. The maximum atomic E-state index is 12.7. The molecule has 1 amide bonds. The zero-order valence-corrected chi connectivity index (χ0v) is 12.5. The predicted molar refractivity (Wildman–Crippen MR) is 81.4 cm³/mol. The van der Waals surface area contributed by atoms with Crippen molar-refractivity contribution in [3.63, 3.8) is 0 Å². The molecule has 2 heterocycles. The number of rotatable bonds is 2. The zero-order chi connectivity index (χ0) is 15.0. The molecule has 0 radical (unpaired) electrons. The molecule has 21 heavy (non-hydrogen) atoms. The van der Waals surface area contributed by atoms with Gasteiger partial charge in [-0.25, -0.2) is 0 Å². The number of amides is 1. The van der Waals surface area contributed by atoms with Crippen molar-refractivity contribution in [3.05, 3.63) is 58.4 Å². The van der Waals surface area contributed by atoms with E-state index in [0.717, 1.165) is 12.0 Å². The Balaban J connectivity index is 1.96. The molecule has 0 unspecified atom stereocenters. The number of hydrogen-bond donors (Lipinski definition) is 1. The standard InChI is InChI=1S/C16H17ClN2O2/c1-18-9-12(17)8-14(18)16(21)19-7-6-11-4-2-3-5-13(11)15(19)10-20/h2-5,8-9,15,20H,6-7,10H2,1H3/t15-/m1/s1. The number of benzene rings is 1. The van der Waals surface area contributed by atoms with Gasteiger partial charge in [-0.1, -0.05) is 35.9 Å². The largest absolute Gasteiger partial charge is 0.394 e. The lowest BCUT2D eigenvalue weighted by atomic mass is 9.93. The number of halogens is 1. The Hall–Kier alpha value is -1.78. The molecule has 0 saturated carbocycles. The van der Waals surface area contributed by atoms with Crippen LogP contribution in [0.3, 0.4) is 0 Å². The van der Waals surface area contributed by atoms with Gasteiger partial charge in [0.25, 0.3) is 5.91 Å². The topological polar surface area (TPSA) is 45.5 Å². The van der Waals surface area contributed by atoms with Crippen LogP contribution in [-0.2, 0) is 13.5 Å². The van der Waals surface area contributed by atoms with Gasteiger partial charge in [0.2, 0.25) is 0 Å². The lowest BCUT2D eigenvalue weighted by molar-refractivity contribution is 0.0559. The van der Waals surface area contributed by atoms with Crippen molar-refractivity contribution in [2.24, 2.45) is 7.05 Å². The molecule has 1 N–H and O–H groups in total. The van der Waals surface area contributed by atoms with Crippen LogP contribution in [0.5, 0.6) is 0 Å². The summed E-state index contributed by atoms with van der Waals surface area (Å²) in [5.41, 5.74) is 2.77. The van der Waals surface area contributed by atoms with Gasteiger partial charge in [0.1, 0.15) is 5.69 Å². The molecule has 110 valence electrons. The van der Waals surface area contributed by atoms with Gasteiger partial charge < -0.3 is 14.6 Å². The minimum absolute atomic E-state index is 0.0824. The fourth-order valence-electron chi connectivity index (χ4n) is 2.98. The van der Waals surface area contributed by atoms with Gasteiger partial charge in [0.05, 0.1) is 17.7 Å². The SMILES string of the molecule is Cn1cc(Cl)cc1C(=O)N1CCc2ccccc2[C@H]1CO. The lowest BCUT2D eigenvalue weighted by Gasteiger charge is -2.36. The van der Waals surface area contributed by atoms with Crippen LogP contribution >= 0.6 is 11.6 Å². The molecule has 0 aliphatic carbocycles. The molecule has 5 heteroatoms. The number of fused-ring (bicyclic) bond motifs is 1. The molecular formula is C16H17ClN2O2. The third-order valence-corrected chi connectivity index (χ3v) is 4.24. The Kier molecular flexibility index (Phi) is 3.74. The molecule has 0 fully saturated rings. The van der Waals surface area contributed by atoms with Crippen molar-refractivity contribution in [1.29, 1.82) is 0 Å². The summed E-state index contributed by atoms with van der Waals surface area (Å²) >= 11 is 5.96. The second-order valence-corrected chi connectivity index (χ2v) is 5.74. The zero-order valence-electron chi connectivity index (χ0n) is 11.8. The van der Waals surface area contributed by atoms with Gasteiger partial charge in [0.15, 0.2) is 0 Å². The van der Waals surface area contributed by atoms with Gasteiger partial charge in [-0.05, 0) is 23.6 Å². The molecule has 1 aromatic carbocycles. The molecule has 2 aromatic rings. The summed E-state index contributed by atoms with van der Waals surface area (Å²) < 4.78 is 1.72. The molecule has 0 bridgehead atoms. The first-order chi connectivity index (χ1) is 10.1. The fourth-order valence-corrected chi connectivity index (χ4v) is 3.23. The van der Waals surface area contributed by atoms with Gasteiger partial charge in [-0.2, -0.15) is 0 Å². The van der Waals surface area contributed by atoms with E-state index >= 15 is 0 Å². The molecule has 0 spiro atoms. The highest BCUT2D eigenvalue weighted by Crippen LogP contribution is 2.30. The molecule has 0 saturated heterocycles. The van der Waals surface area contributed by atoms with Gasteiger partial charge in [-0.15, -0.1) is 0 Å². The van der Waals surface area contributed by atoms with Gasteiger partial charge >= 0.3 is 0 Å². The third-order valence-electron chi connectivity index (χ3n) is 4.04. The minimum Gasteiger partial charge on any atom is -0.394 e. The first-order valence-electron chi connectivity index (χ1n) is 6.93. The molecule has 1 aromatic heterocycles. The summed E-state index contributed by atoms with van der Waals surface area (Å²) in [5.74, 6) is -0.0991. The maximum Gasteiger partial charge on any atom is 0.271 e. The number of nitrogens with zero attached hydrogens (tertiary/aromatic N) is 2. The number of carbonyl (C=O) groups is 1. The fraction of sp³-hybridized carbons (Fsp3) is 0.312. The van der Waals surface area contributed by atoms with E-state index in [-0.39, 0.29) is 18.6 Å². The minimum atomic E-state index is -0.295. The van der Waals surface area contributed by atoms with E-state index in [1.165, 1.54) is 5.56 Å². The Morgan fingerprint density at radius 3 is 2.86 bits per heavy atom. The van der Waals surface area contributed by atoms with Crippen LogP contribution in [0.2, 0.25) is 5.02 Å². The molecule has 1 aliphatic rings. The molecule has 3 rings (SSSR count). The van der Waals surface area contributed by atoms with Crippen LogP contribution in [0.4, 0.5) is 0 Å². The summed E-state index contributed by atoms with van der Waals surface area (Å²) in [4.78, 5) is 14.5. The summed E-state index contributed by atoms with van der Waals surface area (Å²) in [6, 6.07) is 9.33. The number of hydrogen-bond acceptors (Lipinski definition) is 2. The average Bonchev–Trinajstić information content (AvgIpc) is 2.84. The van der Waals surface area contributed by atoms with E-state index in [1.807, 2.05) is 18.2 Å². The van der Waals surface area contributed by atoms with E-state index in [0.29, 0.717) is 17.3 Å². The summed E-state index contributed by atoms with van der Waals surface area (Å²) in [6.45, 7) is 0.519. The van der Waals surface area contributed by atoms with Crippen LogP contribution in [-0.4, -0.2) is 33.6 Å². The smallest absolute Gasteiger partial charge is 0.271 e. The number of aromatic nitrogens is 1. The highest BCUT2D eigenvalue weighted by molar-refractivity contribution is 6.31. The predicted octanol–water partition coefficient (Wildman–Crippen LogP) is 2.41. The van der Waals surface area contributed by atoms with Crippen LogP contribution in [0.1, 0.15) is 27.7 Å². The van der Waals surface area contributed by atoms with Crippen LogP contribution in [0.15, 0.2) is 36.5 Å². The van der Waals surface area contributed by atoms with Crippen LogP contribution in [0.25, 0.3) is 0 Å². The van der Waals surface area contributed by atoms with Crippen molar-refractivity contribution in [1.82, 2.24) is 9.47 Å². The van der Waals surface area contributed by atoms with Crippen molar-refractivity contribution in [2.75, 3.05) is 13.2 Å². The second kappa shape index (κ2) is 5.54. The summed E-state index contributed by atoms with van der Waals surface area (Å²) in [6.07, 6.45) is 2.51. The van der Waals surface area contributed by atoms with E-state index in [1.54, 1.807) is 28.8 Å². The van der Waals surface area contributed by atoms with Crippen molar-refractivity contribution in [3.8, 4) is 0 Å². The van der Waals surface area contributed by atoms with E-state index in [9.17, 15) is 9.90 Å². The quantitative estimate of drug-likeness (QED) is 0.926. The number of aliphatic hydroxyl groups is 1. The molecule has 1 atom stereocenters. The Morgan fingerprint density at radius 2 is 2.19 bits per heavy atom. The summed E-state index contributed by atoms with van der Waals surface area (Å²) in [7, 11) is 1.80. The van der Waals surface area contributed by atoms with Gasteiger partial charge in [-0.3, -0.25) is 4.79 Å². The number of aliphatic hydroxyl groups excluding tert-OH is 1. The third kappa shape index (κ3) is 2.45. The lowest BCUT2D eigenvalue weighted by Crippen LogP contribution is -2.42. The second-order valence-electron chi connectivity index (χ2n) is 5.30. The van der Waals surface area contributed by atoms with Crippen LogP contribution in [0, 0.1) is 0 Å². The number of aryl methyl sites for hydroxylation is 1. The Morgan fingerprint density at radius 1 is 1.43 bits per heavy atom. The van der Waals surface area contributed by atoms with Crippen molar-refractivity contribution < 1.29 is 9.90 Å². The monoisotopic (exact) mass is 304 g/mol. The summed E-state index contributed by atoms with van der Waals surface area (Å²) in [5, 5.41) is 10.3. The highest BCUT2D eigenvalue weighted by Gasteiger charge is 2.31. The molecule has 4 nitrogen and oxygen atoms in total. The van der Waals surface area contributed by atoms with E-state index in [2.05, 4.69) is 6.07 Å². The highest BCUT2D eigenvalue weighted by atomic mass is 35.5. The van der Waals surface area contributed by atoms with E-state index in [4.69, 9.17) is 11.6 Å². The van der Waals surface area contributed by atoms with Crippen LogP contribution < -0.4 is 0 Å². The first-order valence-corrected chi connectivity index (χ1v) is 7.31. The maximum absolute atomic E-state index is 12.7. The van der Waals surface area contributed by atoms with Crippen molar-refractivity contribution in [2.45, 2.75) is 12.5 Å². The Bertz CT molecular complexity index is 681. The molecule has 1 aliphatic heterocycles. The van der Waals surface area contributed by atoms with E-state index < -0.39 is 0 Å². The normalized spacial score (nSPS) is 17.7. The van der Waals surface area contributed by atoms with Gasteiger partial charge in [0, 0.05) is 19.8 Å².